The van der Waals surface area contributed by atoms with E-state index < -0.39 is 27.5 Å². The van der Waals surface area contributed by atoms with Crippen molar-refractivity contribution in [2.24, 2.45) is 11.8 Å². The van der Waals surface area contributed by atoms with Crippen LogP contribution in [0.25, 0.3) is 0 Å². The Bertz CT molecular complexity index is 1090. The largest absolute Gasteiger partial charge is 0.477 e. The number of rotatable bonds is 7. The van der Waals surface area contributed by atoms with Crippen LogP contribution in [0.1, 0.15) is 25.8 Å². The first-order chi connectivity index (χ1) is 15.1. The minimum absolute atomic E-state index is 0.0107. The molecule has 1 amide bonds. The molecular weight excluding hydrogens is 434 g/mol. The Morgan fingerprint density at radius 1 is 1.16 bits per heavy atom. The Morgan fingerprint density at radius 2 is 1.78 bits per heavy atom. The van der Waals surface area contributed by atoms with Gasteiger partial charge in [0, 0.05) is 24.8 Å². The summed E-state index contributed by atoms with van der Waals surface area (Å²) in [5.74, 6) is 0.0966. The SMILES string of the molecule is Cc1ccc([N+](=O)[O-])c(OCC(=O)Nc2ccc(S(=O)(=O)N3CC(C)CC(C)C3)cc2)c1. The van der Waals surface area contributed by atoms with Gasteiger partial charge in [-0.05, 0) is 61.1 Å². The average Bonchev–Trinajstić information content (AvgIpc) is 2.72. The second-order valence-electron chi connectivity index (χ2n) is 8.36. The third kappa shape index (κ3) is 5.63. The predicted molar refractivity (Wildman–Crippen MR) is 120 cm³/mol. The fourth-order valence-electron chi connectivity index (χ4n) is 3.89. The summed E-state index contributed by atoms with van der Waals surface area (Å²) in [6.07, 6.45) is 1.00. The number of carbonyl (C=O) groups is 1. The number of sulfonamides is 1. The van der Waals surface area contributed by atoms with Crippen LogP contribution in [-0.2, 0) is 14.8 Å². The van der Waals surface area contributed by atoms with Crippen molar-refractivity contribution in [1.29, 1.82) is 0 Å². The van der Waals surface area contributed by atoms with E-state index in [9.17, 15) is 23.3 Å². The van der Waals surface area contributed by atoms with E-state index in [4.69, 9.17) is 4.74 Å². The molecule has 1 heterocycles. The highest BCUT2D eigenvalue weighted by Gasteiger charge is 2.31. The van der Waals surface area contributed by atoms with Gasteiger partial charge in [-0.2, -0.15) is 4.31 Å². The zero-order valence-corrected chi connectivity index (χ0v) is 19.1. The van der Waals surface area contributed by atoms with Gasteiger partial charge in [0.1, 0.15) is 0 Å². The van der Waals surface area contributed by atoms with Crippen LogP contribution in [0.4, 0.5) is 11.4 Å². The lowest BCUT2D eigenvalue weighted by Crippen LogP contribution is -2.42. The van der Waals surface area contributed by atoms with E-state index in [1.807, 2.05) is 13.8 Å². The minimum atomic E-state index is -3.60. The Hall–Kier alpha value is -2.98. The van der Waals surface area contributed by atoms with Gasteiger partial charge < -0.3 is 10.1 Å². The Balaban J connectivity index is 1.63. The molecule has 172 valence electrons. The first kappa shape index (κ1) is 23.7. The first-order valence-electron chi connectivity index (χ1n) is 10.3. The Kier molecular flexibility index (Phi) is 7.15. The van der Waals surface area contributed by atoms with Crippen molar-refractivity contribution < 1.29 is 22.9 Å². The van der Waals surface area contributed by atoms with Crippen molar-refractivity contribution in [3.8, 4) is 5.75 Å². The number of nitrogens with zero attached hydrogens (tertiary/aromatic N) is 2. The summed E-state index contributed by atoms with van der Waals surface area (Å²) in [4.78, 5) is 22.9. The highest BCUT2D eigenvalue weighted by atomic mass is 32.2. The summed E-state index contributed by atoms with van der Waals surface area (Å²) in [6.45, 7) is 6.42. The van der Waals surface area contributed by atoms with Crippen molar-refractivity contribution in [2.45, 2.75) is 32.1 Å². The van der Waals surface area contributed by atoms with Gasteiger partial charge in [-0.1, -0.05) is 19.9 Å². The lowest BCUT2D eigenvalue weighted by atomic mass is 9.94. The van der Waals surface area contributed by atoms with E-state index in [0.717, 1.165) is 12.0 Å². The molecule has 32 heavy (non-hydrogen) atoms. The molecule has 0 aromatic heterocycles. The van der Waals surface area contributed by atoms with Crippen molar-refractivity contribution in [2.75, 3.05) is 25.0 Å². The molecule has 2 aromatic rings. The van der Waals surface area contributed by atoms with Gasteiger partial charge >= 0.3 is 5.69 Å². The molecule has 2 unspecified atom stereocenters. The lowest BCUT2D eigenvalue weighted by Gasteiger charge is -2.34. The van der Waals surface area contributed by atoms with Crippen molar-refractivity contribution in [1.82, 2.24) is 4.31 Å². The summed E-state index contributed by atoms with van der Waals surface area (Å²) >= 11 is 0. The summed E-state index contributed by atoms with van der Waals surface area (Å²) in [5.41, 5.74) is 0.941. The number of nitro benzene ring substituents is 1. The average molecular weight is 462 g/mol. The lowest BCUT2D eigenvalue weighted by molar-refractivity contribution is -0.385. The maximum atomic E-state index is 12.9. The zero-order valence-electron chi connectivity index (χ0n) is 18.3. The molecule has 0 radical (unpaired) electrons. The number of aryl methyl sites for hydroxylation is 1. The van der Waals surface area contributed by atoms with E-state index in [0.29, 0.717) is 30.6 Å². The standard InChI is InChI=1S/C22H27N3O6S/c1-15-4-9-20(25(27)28)21(11-15)31-14-22(26)23-18-5-7-19(8-6-18)32(29,30)24-12-16(2)10-17(3)13-24/h4-9,11,16-17H,10,12-14H2,1-3H3,(H,23,26). The van der Waals surface area contributed by atoms with Gasteiger partial charge in [0.15, 0.2) is 12.4 Å². The molecule has 1 saturated heterocycles. The van der Waals surface area contributed by atoms with E-state index in [1.54, 1.807) is 13.0 Å². The number of hydrogen-bond acceptors (Lipinski definition) is 6. The monoisotopic (exact) mass is 461 g/mol. The molecule has 1 aliphatic heterocycles. The number of nitro groups is 1. The minimum Gasteiger partial charge on any atom is -0.477 e. The molecule has 10 heteroatoms. The van der Waals surface area contributed by atoms with E-state index in [1.165, 1.54) is 40.7 Å². The van der Waals surface area contributed by atoms with E-state index in [-0.39, 0.29) is 16.3 Å². The number of piperidine rings is 1. The second-order valence-corrected chi connectivity index (χ2v) is 10.3. The quantitative estimate of drug-likeness (QED) is 0.497. The second kappa shape index (κ2) is 9.66. The third-order valence-electron chi connectivity index (χ3n) is 5.28. The maximum Gasteiger partial charge on any atom is 0.310 e. The van der Waals surface area contributed by atoms with Crippen LogP contribution in [0.15, 0.2) is 47.4 Å². The van der Waals surface area contributed by atoms with Gasteiger partial charge in [0.05, 0.1) is 9.82 Å². The van der Waals surface area contributed by atoms with Crippen LogP contribution >= 0.6 is 0 Å². The zero-order chi connectivity index (χ0) is 23.5. The summed E-state index contributed by atoms with van der Waals surface area (Å²) in [5, 5.41) is 13.7. The fraction of sp³-hybridized carbons (Fsp3) is 0.409. The number of benzene rings is 2. The van der Waals surface area contributed by atoms with Crippen molar-refractivity contribution >= 4 is 27.3 Å². The van der Waals surface area contributed by atoms with Gasteiger partial charge in [-0.3, -0.25) is 14.9 Å². The molecule has 9 nitrogen and oxygen atoms in total. The molecule has 3 rings (SSSR count). The predicted octanol–water partition coefficient (Wildman–Crippen LogP) is 3.59. The van der Waals surface area contributed by atoms with Crippen LogP contribution in [0.2, 0.25) is 0 Å². The normalized spacial score (nSPS) is 19.3. The van der Waals surface area contributed by atoms with E-state index in [2.05, 4.69) is 5.32 Å². The van der Waals surface area contributed by atoms with Gasteiger partial charge in [0.25, 0.3) is 5.91 Å². The molecular formula is C22H27N3O6S. The fourth-order valence-corrected chi connectivity index (χ4v) is 5.57. The summed E-state index contributed by atoms with van der Waals surface area (Å²) < 4.78 is 32.7. The number of nitrogens with one attached hydrogen (secondary N) is 1. The number of carbonyl (C=O) groups excluding carboxylic acids is 1. The molecule has 0 spiro atoms. The molecule has 1 N–H and O–H groups in total. The molecule has 0 aliphatic carbocycles. The third-order valence-corrected chi connectivity index (χ3v) is 7.13. The molecule has 0 bridgehead atoms. The summed E-state index contributed by atoms with van der Waals surface area (Å²) in [7, 11) is -3.60. The van der Waals surface area contributed by atoms with E-state index >= 15 is 0 Å². The highest BCUT2D eigenvalue weighted by Crippen LogP contribution is 2.28. The molecule has 2 atom stereocenters. The van der Waals surface area contributed by atoms with Crippen LogP contribution in [-0.4, -0.2) is 43.2 Å². The molecule has 2 aromatic carbocycles. The summed E-state index contributed by atoms with van der Waals surface area (Å²) in [6, 6.07) is 10.3. The number of hydrogen-bond donors (Lipinski definition) is 1. The first-order valence-corrected chi connectivity index (χ1v) is 11.8. The maximum absolute atomic E-state index is 12.9. The van der Waals surface area contributed by atoms with Crippen LogP contribution in [0, 0.1) is 28.9 Å². The Labute approximate surface area is 187 Å². The number of anilines is 1. The number of amides is 1. The number of ether oxygens (including phenoxy) is 1. The topological polar surface area (TPSA) is 119 Å². The van der Waals surface area contributed by atoms with Crippen LogP contribution in [0.3, 0.4) is 0 Å². The van der Waals surface area contributed by atoms with Gasteiger partial charge in [0.2, 0.25) is 10.0 Å². The molecule has 0 saturated carbocycles. The smallest absolute Gasteiger partial charge is 0.310 e. The molecule has 1 aliphatic rings. The highest BCUT2D eigenvalue weighted by molar-refractivity contribution is 7.89. The van der Waals surface area contributed by atoms with Crippen molar-refractivity contribution in [3.63, 3.8) is 0 Å². The van der Waals surface area contributed by atoms with Gasteiger partial charge in [-0.25, -0.2) is 8.42 Å². The van der Waals surface area contributed by atoms with Gasteiger partial charge in [-0.15, -0.1) is 0 Å². The van der Waals surface area contributed by atoms with Crippen LogP contribution < -0.4 is 10.1 Å². The Morgan fingerprint density at radius 3 is 2.38 bits per heavy atom. The van der Waals surface area contributed by atoms with Crippen LogP contribution in [0.5, 0.6) is 5.75 Å². The van der Waals surface area contributed by atoms with Crippen molar-refractivity contribution in [3.05, 3.63) is 58.1 Å². The molecule has 1 fully saturated rings.